The van der Waals surface area contributed by atoms with Crippen molar-refractivity contribution in [2.24, 2.45) is 17.8 Å². The van der Waals surface area contributed by atoms with Crippen LogP contribution in [0.15, 0.2) is 16.5 Å². The first-order chi connectivity index (χ1) is 12.9. The lowest BCUT2D eigenvalue weighted by molar-refractivity contribution is -0.133. The van der Waals surface area contributed by atoms with Crippen LogP contribution in [0.25, 0.3) is 0 Å². The Morgan fingerprint density at radius 2 is 2.07 bits per heavy atom. The maximum Gasteiger partial charge on any atom is 0.328 e. The number of rotatable bonds is 4. The number of ether oxygens (including phenoxy) is 1. The van der Waals surface area contributed by atoms with E-state index in [9.17, 15) is 4.79 Å². The van der Waals surface area contributed by atoms with E-state index in [4.69, 9.17) is 9.26 Å². The first-order valence-electron chi connectivity index (χ1n) is 9.88. The van der Waals surface area contributed by atoms with Gasteiger partial charge in [-0.3, -0.25) is 14.6 Å². The number of aryl methyl sites for hydroxylation is 1. The SMILES string of the molecule is Cc1noc(N2C=C3OCC2CC3N2C[C@@H]3[C@H](C2)[C@H]3C(=O)N(C)C(C)C)n1. The maximum atomic E-state index is 12.6. The summed E-state index contributed by atoms with van der Waals surface area (Å²) in [7, 11) is 1.92. The normalized spacial score (nSPS) is 34.5. The summed E-state index contributed by atoms with van der Waals surface area (Å²) in [5, 5.41) is 3.89. The van der Waals surface area contributed by atoms with Gasteiger partial charge in [-0.05, 0) is 39.0 Å². The molecule has 0 aromatic carbocycles. The average molecular weight is 373 g/mol. The van der Waals surface area contributed by atoms with Gasteiger partial charge in [0.15, 0.2) is 5.82 Å². The lowest BCUT2D eigenvalue weighted by atomic mass is 9.96. The van der Waals surface area contributed by atoms with Crippen LogP contribution in [0.3, 0.4) is 0 Å². The molecular formula is C19H27N5O3. The van der Waals surface area contributed by atoms with Crippen LogP contribution in [-0.4, -0.2) is 70.7 Å². The molecule has 0 N–H and O–H groups in total. The smallest absolute Gasteiger partial charge is 0.328 e. The molecule has 27 heavy (non-hydrogen) atoms. The van der Waals surface area contributed by atoms with E-state index in [1.165, 1.54) is 0 Å². The van der Waals surface area contributed by atoms with Crippen molar-refractivity contribution in [3.05, 3.63) is 17.8 Å². The van der Waals surface area contributed by atoms with Crippen molar-refractivity contribution in [1.29, 1.82) is 0 Å². The first kappa shape index (κ1) is 17.0. The quantitative estimate of drug-likeness (QED) is 0.786. The van der Waals surface area contributed by atoms with Gasteiger partial charge in [-0.2, -0.15) is 4.98 Å². The monoisotopic (exact) mass is 373 g/mol. The van der Waals surface area contributed by atoms with Gasteiger partial charge in [-0.1, -0.05) is 5.16 Å². The Bertz CT molecular complexity index is 778. The number of carbonyl (C=O) groups excluding carboxylic acids is 1. The van der Waals surface area contributed by atoms with Crippen molar-refractivity contribution in [2.75, 3.05) is 31.6 Å². The number of aromatic nitrogens is 2. The van der Waals surface area contributed by atoms with E-state index >= 15 is 0 Å². The zero-order valence-electron chi connectivity index (χ0n) is 16.3. The van der Waals surface area contributed by atoms with Gasteiger partial charge in [0.1, 0.15) is 12.4 Å². The summed E-state index contributed by atoms with van der Waals surface area (Å²) in [6.07, 6.45) is 3.02. The summed E-state index contributed by atoms with van der Waals surface area (Å²) >= 11 is 0. The molecule has 0 radical (unpaired) electrons. The highest BCUT2D eigenvalue weighted by atomic mass is 16.5. The molecule has 1 amide bonds. The molecule has 5 atom stereocenters. The fraction of sp³-hybridized carbons (Fsp3) is 0.737. The van der Waals surface area contributed by atoms with Crippen molar-refractivity contribution < 1.29 is 14.1 Å². The van der Waals surface area contributed by atoms with Gasteiger partial charge < -0.3 is 14.2 Å². The zero-order chi connectivity index (χ0) is 18.9. The number of piperidine rings is 1. The number of fused-ring (bicyclic) bond motifs is 4. The molecule has 3 fully saturated rings. The van der Waals surface area contributed by atoms with E-state index in [0.717, 1.165) is 25.3 Å². The van der Waals surface area contributed by atoms with Crippen molar-refractivity contribution >= 4 is 11.9 Å². The number of likely N-dealkylation sites (tertiary alicyclic amines) is 1. The van der Waals surface area contributed by atoms with Gasteiger partial charge >= 0.3 is 6.01 Å². The van der Waals surface area contributed by atoms with Gasteiger partial charge in [0.2, 0.25) is 5.91 Å². The highest BCUT2D eigenvalue weighted by Crippen LogP contribution is 2.54. The van der Waals surface area contributed by atoms with E-state index in [-0.39, 0.29) is 18.0 Å². The van der Waals surface area contributed by atoms with Crippen LogP contribution >= 0.6 is 0 Å². The minimum Gasteiger partial charge on any atom is -0.493 e. The van der Waals surface area contributed by atoms with Gasteiger partial charge in [0.25, 0.3) is 0 Å². The van der Waals surface area contributed by atoms with Crippen LogP contribution < -0.4 is 4.90 Å². The molecular weight excluding hydrogens is 346 g/mol. The Balaban J connectivity index is 1.25. The molecule has 146 valence electrons. The van der Waals surface area contributed by atoms with Crippen LogP contribution in [0.2, 0.25) is 0 Å². The van der Waals surface area contributed by atoms with Gasteiger partial charge in [0, 0.05) is 38.3 Å². The molecule has 2 unspecified atom stereocenters. The molecule has 0 spiro atoms. The summed E-state index contributed by atoms with van der Waals surface area (Å²) in [5.41, 5.74) is 0. The Kier molecular flexibility index (Phi) is 3.76. The van der Waals surface area contributed by atoms with Crippen molar-refractivity contribution in [3.8, 4) is 0 Å². The maximum absolute atomic E-state index is 12.6. The summed E-state index contributed by atoms with van der Waals surface area (Å²) in [4.78, 5) is 23.4. The number of nitrogens with zero attached hydrogens (tertiary/aromatic N) is 5. The Hall–Kier alpha value is -2.09. The Morgan fingerprint density at radius 3 is 2.63 bits per heavy atom. The predicted octanol–water partition coefficient (Wildman–Crippen LogP) is 1.24. The molecule has 8 heteroatoms. The lowest BCUT2D eigenvalue weighted by Crippen LogP contribution is -2.53. The topological polar surface area (TPSA) is 74.9 Å². The number of amides is 1. The van der Waals surface area contributed by atoms with Crippen LogP contribution in [0.1, 0.15) is 26.1 Å². The molecule has 6 rings (SSSR count). The second kappa shape index (κ2) is 5.95. The fourth-order valence-corrected chi connectivity index (χ4v) is 4.89. The molecule has 8 nitrogen and oxygen atoms in total. The third-order valence-corrected chi connectivity index (χ3v) is 6.73. The second-order valence-electron chi connectivity index (χ2n) is 8.63. The summed E-state index contributed by atoms with van der Waals surface area (Å²) < 4.78 is 11.3. The van der Waals surface area contributed by atoms with Gasteiger partial charge in [-0.25, -0.2) is 0 Å². The van der Waals surface area contributed by atoms with Crippen LogP contribution in [-0.2, 0) is 9.53 Å². The van der Waals surface area contributed by atoms with E-state index in [1.807, 2.05) is 25.1 Å². The Morgan fingerprint density at radius 1 is 1.33 bits per heavy atom. The van der Waals surface area contributed by atoms with Gasteiger partial charge in [0.05, 0.1) is 12.1 Å². The highest BCUT2D eigenvalue weighted by molar-refractivity contribution is 5.82. The third-order valence-electron chi connectivity index (χ3n) is 6.73. The summed E-state index contributed by atoms with van der Waals surface area (Å²) in [6.45, 7) is 8.61. The molecule has 2 saturated heterocycles. The highest BCUT2D eigenvalue weighted by Gasteiger charge is 2.61. The van der Waals surface area contributed by atoms with Gasteiger partial charge in [-0.15, -0.1) is 0 Å². The average Bonchev–Trinajstić information content (AvgIpc) is 2.99. The van der Waals surface area contributed by atoms with Crippen molar-refractivity contribution in [2.45, 2.75) is 45.3 Å². The number of carbonyl (C=O) groups is 1. The number of anilines is 1. The van der Waals surface area contributed by atoms with E-state index in [0.29, 0.717) is 42.2 Å². The second-order valence-corrected chi connectivity index (χ2v) is 8.63. The van der Waals surface area contributed by atoms with E-state index in [1.54, 1.807) is 0 Å². The predicted molar refractivity (Wildman–Crippen MR) is 97.7 cm³/mol. The molecule has 1 saturated carbocycles. The first-order valence-corrected chi connectivity index (χ1v) is 9.88. The van der Waals surface area contributed by atoms with E-state index in [2.05, 4.69) is 33.8 Å². The Labute approximate surface area is 159 Å². The third kappa shape index (κ3) is 2.64. The zero-order valence-corrected chi connectivity index (χ0v) is 16.3. The van der Waals surface area contributed by atoms with Crippen LogP contribution in [0.4, 0.5) is 6.01 Å². The number of hydrogen-bond donors (Lipinski definition) is 0. The molecule has 1 aliphatic carbocycles. The molecule has 2 bridgehead atoms. The standard InChI is InChI=1S/C19H27N5O3/c1-10(2)22(4)18(25)17-13-6-23(7-14(13)17)15-5-12-9-26-16(15)8-24(12)19-20-11(3)21-27-19/h8,10,12-15,17H,5-7,9H2,1-4H3/t12?,13-,14+,15?,17+. The largest absolute Gasteiger partial charge is 0.493 e. The molecule has 1 aromatic heterocycles. The van der Waals surface area contributed by atoms with Crippen LogP contribution in [0, 0.1) is 24.7 Å². The minimum absolute atomic E-state index is 0.216. The molecule has 4 aliphatic heterocycles. The number of hydrogen-bond acceptors (Lipinski definition) is 7. The van der Waals surface area contributed by atoms with E-state index < -0.39 is 0 Å². The summed E-state index contributed by atoms with van der Waals surface area (Å²) in [6, 6.07) is 1.33. The molecule has 1 aromatic rings. The summed E-state index contributed by atoms with van der Waals surface area (Å²) in [5.74, 6) is 3.19. The minimum atomic E-state index is 0.216. The molecule has 5 aliphatic rings. The van der Waals surface area contributed by atoms with Crippen LogP contribution in [0.5, 0.6) is 0 Å². The van der Waals surface area contributed by atoms with Crippen molar-refractivity contribution in [1.82, 2.24) is 19.9 Å². The van der Waals surface area contributed by atoms with Crippen molar-refractivity contribution in [3.63, 3.8) is 0 Å². The fourth-order valence-electron chi connectivity index (χ4n) is 4.89. The lowest BCUT2D eigenvalue weighted by Gasteiger charge is -2.45. The molecule has 5 heterocycles.